The second kappa shape index (κ2) is 15.9. The van der Waals surface area contributed by atoms with E-state index in [-0.39, 0.29) is 39.2 Å². The van der Waals surface area contributed by atoms with Gasteiger partial charge in [0.15, 0.2) is 0 Å². The van der Waals surface area contributed by atoms with Crippen molar-refractivity contribution in [3.05, 3.63) is 130 Å². The van der Waals surface area contributed by atoms with Gasteiger partial charge in [0, 0.05) is 35.1 Å². The zero-order chi connectivity index (χ0) is 32.4. The van der Waals surface area contributed by atoms with Crippen LogP contribution in [0.15, 0.2) is 108 Å². The fourth-order valence-electron chi connectivity index (χ4n) is 4.80. The fraction of sp³-hybridized carbons (Fsp3) is 0.235. The standard InChI is InChI=1S/C34H34Cl2FN3O4S/c1-2-3-18-38-34(42)32(19-25-12-6-4-7-13-25)39(23-26-14-10-11-17-31(26)37)33(41)24-40(29-21-27(35)20-28(36)22-29)45(43,44)30-15-8-5-9-16-30/h4-17,20-22,32H,2-3,18-19,23-24H2,1H3,(H,38,42)/t32-/m1/s1. The molecule has 2 amide bonds. The Bertz CT molecular complexity index is 1690. The Labute approximate surface area is 273 Å². The number of hydrogen-bond acceptors (Lipinski definition) is 4. The number of carbonyl (C=O) groups is 2. The average molecular weight is 671 g/mol. The second-order valence-electron chi connectivity index (χ2n) is 10.4. The molecule has 0 heterocycles. The van der Waals surface area contributed by atoms with Crippen LogP contribution in [0.3, 0.4) is 0 Å². The van der Waals surface area contributed by atoms with E-state index in [0.717, 1.165) is 22.7 Å². The van der Waals surface area contributed by atoms with Gasteiger partial charge in [-0.1, -0.05) is 103 Å². The summed E-state index contributed by atoms with van der Waals surface area (Å²) in [4.78, 5) is 29.3. The van der Waals surface area contributed by atoms with Gasteiger partial charge in [0.25, 0.3) is 10.0 Å². The molecule has 7 nitrogen and oxygen atoms in total. The first-order chi connectivity index (χ1) is 21.6. The zero-order valence-electron chi connectivity index (χ0n) is 24.7. The molecule has 1 N–H and O–H groups in total. The minimum absolute atomic E-state index is 0.0579. The first kappa shape index (κ1) is 34.0. The Morgan fingerprint density at radius 1 is 0.867 bits per heavy atom. The molecule has 0 spiro atoms. The summed E-state index contributed by atoms with van der Waals surface area (Å²) < 4.78 is 44.0. The van der Waals surface area contributed by atoms with Crippen LogP contribution in [0.1, 0.15) is 30.9 Å². The third-order valence-corrected chi connectivity index (χ3v) is 9.37. The fourth-order valence-corrected chi connectivity index (χ4v) is 6.74. The molecule has 0 saturated carbocycles. The molecule has 0 aromatic heterocycles. The quantitative estimate of drug-likeness (QED) is 0.148. The summed E-state index contributed by atoms with van der Waals surface area (Å²) in [6.07, 6.45) is 1.69. The summed E-state index contributed by atoms with van der Waals surface area (Å²) in [5.41, 5.74) is 1.01. The van der Waals surface area contributed by atoms with Gasteiger partial charge < -0.3 is 10.2 Å². The van der Waals surface area contributed by atoms with Crippen molar-refractivity contribution in [2.24, 2.45) is 0 Å². The maximum atomic E-state index is 15.0. The van der Waals surface area contributed by atoms with Crippen molar-refractivity contribution in [1.29, 1.82) is 0 Å². The minimum Gasteiger partial charge on any atom is -0.354 e. The highest BCUT2D eigenvalue weighted by molar-refractivity contribution is 7.92. The molecular weight excluding hydrogens is 636 g/mol. The van der Waals surface area contributed by atoms with E-state index in [2.05, 4.69) is 5.32 Å². The number of carbonyl (C=O) groups excluding carboxylic acids is 2. The molecule has 0 unspecified atom stereocenters. The summed E-state index contributed by atoms with van der Waals surface area (Å²) >= 11 is 12.5. The highest BCUT2D eigenvalue weighted by Crippen LogP contribution is 2.30. The Morgan fingerprint density at radius 3 is 2.09 bits per heavy atom. The second-order valence-corrected chi connectivity index (χ2v) is 13.2. The van der Waals surface area contributed by atoms with E-state index in [9.17, 15) is 18.0 Å². The van der Waals surface area contributed by atoms with Crippen LogP contribution in [-0.4, -0.2) is 44.3 Å². The summed E-state index contributed by atoms with van der Waals surface area (Å²) in [5.74, 6) is -1.71. The van der Waals surface area contributed by atoms with E-state index in [1.807, 2.05) is 37.3 Å². The Hall–Kier alpha value is -3.92. The van der Waals surface area contributed by atoms with Gasteiger partial charge in [0.1, 0.15) is 18.4 Å². The van der Waals surface area contributed by atoms with Crippen molar-refractivity contribution < 1.29 is 22.4 Å². The Kier molecular flexibility index (Phi) is 12.0. The monoisotopic (exact) mass is 669 g/mol. The molecule has 0 aliphatic carbocycles. The topological polar surface area (TPSA) is 86.8 Å². The van der Waals surface area contributed by atoms with Gasteiger partial charge in [-0.25, -0.2) is 12.8 Å². The number of amides is 2. The van der Waals surface area contributed by atoms with Crippen molar-refractivity contribution in [3.63, 3.8) is 0 Å². The van der Waals surface area contributed by atoms with Crippen LogP contribution >= 0.6 is 23.2 Å². The summed E-state index contributed by atoms with van der Waals surface area (Å²) in [6.45, 7) is 1.39. The molecule has 11 heteroatoms. The number of unbranched alkanes of at least 4 members (excludes halogenated alkanes) is 1. The van der Waals surface area contributed by atoms with Gasteiger partial charge in [0.2, 0.25) is 11.8 Å². The molecule has 0 saturated heterocycles. The number of anilines is 1. The van der Waals surface area contributed by atoms with Gasteiger partial charge in [-0.05, 0) is 48.4 Å². The average Bonchev–Trinajstić information content (AvgIpc) is 3.02. The largest absolute Gasteiger partial charge is 0.354 e. The van der Waals surface area contributed by atoms with Crippen LogP contribution in [0.25, 0.3) is 0 Å². The van der Waals surface area contributed by atoms with E-state index in [4.69, 9.17) is 23.2 Å². The molecule has 0 fully saturated rings. The van der Waals surface area contributed by atoms with Crippen LogP contribution in [0.5, 0.6) is 0 Å². The maximum Gasteiger partial charge on any atom is 0.264 e. The normalized spacial score (nSPS) is 11.9. The minimum atomic E-state index is -4.33. The molecule has 1 atom stereocenters. The first-order valence-electron chi connectivity index (χ1n) is 14.5. The third kappa shape index (κ3) is 9.06. The van der Waals surface area contributed by atoms with E-state index in [1.54, 1.807) is 24.3 Å². The van der Waals surface area contributed by atoms with Crippen LogP contribution in [0, 0.1) is 5.82 Å². The van der Waals surface area contributed by atoms with E-state index < -0.39 is 40.2 Å². The lowest BCUT2D eigenvalue weighted by molar-refractivity contribution is -0.140. The number of sulfonamides is 1. The van der Waals surface area contributed by atoms with E-state index >= 15 is 4.39 Å². The number of halogens is 3. The van der Waals surface area contributed by atoms with Crippen LogP contribution in [-0.2, 0) is 32.6 Å². The number of rotatable bonds is 14. The zero-order valence-corrected chi connectivity index (χ0v) is 27.0. The predicted molar refractivity (Wildman–Crippen MR) is 176 cm³/mol. The van der Waals surface area contributed by atoms with Gasteiger partial charge in [-0.3, -0.25) is 13.9 Å². The molecule has 4 aromatic carbocycles. The smallest absolute Gasteiger partial charge is 0.264 e. The lowest BCUT2D eigenvalue weighted by Gasteiger charge is -2.34. The Morgan fingerprint density at radius 2 is 1.47 bits per heavy atom. The van der Waals surface area contributed by atoms with Crippen LogP contribution in [0.4, 0.5) is 10.1 Å². The predicted octanol–water partition coefficient (Wildman–Crippen LogP) is 6.88. The van der Waals surface area contributed by atoms with Crippen molar-refractivity contribution in [1.82, 2.24) is 10.2 Å². The summed E-state index contributed by atoms with van der Waals surface area (Å²) in [5, 5.41) is 3.23. The van der Waals surface area contributed by atoms with E-state index in [1.165, 1.54) is 53.4 Å². The molecule has 4 rings (SSSR count). The lowest BCUT2D eigenvalue weighted by atomic mass is 10.0. The third-order valence-electron chi connectivity index (χ3n) is 7.14. The molecule has 4 aromatic rings. The number of hydrogen-bond donors (Lipinski definition) is 1. The molecule has 0 radical (unpaired) electrons. The van der Waals surface area contributed by atoms with Crippen molar-refractivity contribution in [2.45, 2.75) is 43.7 Å². The molecular formula is C34H34Cl2FN3O4S. The summed E-state index contributed by atoms with van der Waals surface area (Å²) in [7, 11) is -4.33. The molecule has 0 bridgehead atoms. The van der Waals surface area contributed by atoms with E-state index in [0.29, 0.717) is 6.54 Å². The first-order valence-corrected chi connectivity index (χ1v) is 16.7. The SMILES string of the molecule is CCCCNC(=O)[C@@H](Cc1ccccc1)N(Cc1ccccc1F)C(=O)CN(c1cc(Cl)cc(Cl)c1)S(=O)(=O)c1ccccc1. The number of nitrogens with one attached hydrogen (secondary N) is 1. The van der Waals surface area contributed by atoms with Crippen molar-refractivity contribution >= 4 is 50.7 Å². The maximum absolute atomic E-state index is 15.0. The van der Waals surface area contributed by atoms with Crippen molar-refractivity contribution in [2.75, 3.05) is 17.4 Å². The van der Waals surface area contributed by atoms with Gasteiger partial charge in [0.05, 0.1) is 10.6 Å². The van der Waals surface area contributed by atoms with Crippen LogP contribution < -0.4 is 9.62 Å². The highest BCUT2D eigenvalue weighted by atomic mass is 35.5. The van der Waals surface area contributed by atoms with Crippen LogP contribution in [0.2, 0.25) is 10.0 Å². The van der Waals surface area contributed by atoms with Gasteiger partial charge >= 0.3 is 0 Å². The Balaban J connectivity index is 1.81. The molecule has 0 aliphatic rings. The van der Waals surface area contributed by atoms with Crippen molar-refractivity contribution in [3.8, 4) is 0 Å². The number of benzene rings is 4. The van der Waals surface area contributed by atoms with Gasteiger partial charge in [-0.2, -0.15) is 0 Å². The highest BCUT2D eigenvalue weighted by Gasteiger charge is 2.35. The lowest BCUT2D eigenvalue weighted by Crippen LogP contribution is -2.53. The molecule has 236 valence electrons. The number of nitrogens with zero attached hydrogens (tertiary/aromatic N) is 2. The molecule has 0 aliphatic heterocycles. The summed E-state index contributed by atoms with van der Waals surface area (Å²) in [6, 6.07) is 25.9. The van der Waals surface area contributed by atoms with Gasteiger partial charge in [-0.15, -0.1) is 0 Å². The molecule has 45 heavy (non-hydrogen) atoms.